The third-order valence-corrected chi connectivity index (χ3v) is 2.27. The molecule has 0 aromatic carbocycles. The number of rotatable bonds is 1. The van der Waals surface area contributed by atoms with Crippen molar-refractivity contribution in [3.8, 4) is 0 Å². The van der Waals surface area contributed by atoms with Crippen molar-refractivity contribution in [2.24, 2.45) is 0 Å². The van der Waals surface area contributed by atoms with E-state index in [1.807, 2.05) is 0 Å². The number of hydrogen-bond donors (Lipinski definition) is 0. The number of nitrogens with zero attached hydrogens (tertiary/aromatic N) is 2. The molecule has 12 heavy (non-hydrogen) atoms. The first kappa shape index (κ1) is 7.80. The maximum absolute atomic E-state index is 5.80. The first-order valence-electron chi connectivity index (χ1n) is 3.95. The lowest BCUT2D eigenvalue weighted by Gasteiger charge is -1.97. The zero-order chi connectivity index (χ0) is 8.55. The van der Waals surface area contributed by atoms with Crippen molar-refractivity contribution in [1.82, 2.24) is 4.98 Å². The SMILES string of the molecule is CO[n+]1cc(Cl)nc2c1CCC2. The molecule has 0 unspecified atom stereocenters. The van der Waals surface area contributed by atoms with Crippen LogP contribution in [0.5, 0.6) is 0 Å². The lowest BCUT2D eigenvalue weighted by atomic mass is 10.4. The second kappa shape index (κ2) is 2.90. The van der Waals surface area contributed by atoms with Gasteiger partial charge in [-0.3, -0.25) is 4.84 Å². The van der Waals surface area contributed by atoms with Gasteiger partial charge in [0.1, 0.15) is 12.8 Å². The van der Waals surface area contributed by atoms with Crippen LogP contribution in [0.2, 0.25) is 5.15 Å². The van der Waals surface area contributed by atoms with Gasteiger partial charge < -0.3 is 0 Å². The minimum absolute atomic E-state index is 0.498. The average Bonchev–Trinajstić information content (AvgIpc) is 2.50. The monoisotopic (exact) mass is 185 g/mol. The summed E-state index contributed by atoms with van der Waals surface area (Å²) in [6.07, 6.45) is 4.89. The van der Waals surface area contributed by atoms with E-state index in [1.165, 1.54) is 0 Å². The number of aryl methyl sites for hydroxylation is 1. The predicted octanol–water partition coefficient (Wildman–Crippen LogP) is 0.570. The summed E-state index contributed by atoms with van der Waals surface area (Å²) in [4.78, 5) is 9.36. The van der Waals surface area contributed by atoms with Crippen LogP contribution in [-0.4, -0.2) is 12.1 Å². The standard InChI is InChI=1S/C8H10ClN2O/c1-12-11-5-8(9)10-6-3-2-4-7(6)11/h5H,2-4H2,1H3/q+1. The Balaban J connectivity index is 2.55. The molecular weight excluding hydrogens is 176 g/mol. The molecule has 0 saturated carbocycles. The van der Waals surface area contributed by atoms with E-state index in [-0.39, 0.29) is 0 Å². The zero-order valence-electron chi connectivity index (χ0n) is 6.88. The molecule has 0 radical (unpaired) electrons. The summed E-state index contributed by atoms with van der Waals surface area (Å²) in [5, 5.41) is 0.498. The van der Waals surface area contributed by atoms with Crippen molar-refractivity contribution in [2.45, 2.75) is 19.3 Å². The van der Waals surface area contributed by atoms with Gasteiger partial charge in [0.15, 0.2) is 5.15 Å². The van der Waals surface area contributed by atoms with Crippen LogP contribution in [0, 0.1) is 0 Å². The van der Waals surface area contributed by atoms with Crippen LogP contribution in [-0.2, 0) is 12.8 Å². The quantitative estimate of drug-likeness (QED) is 0.598. The Morgan fingerprint density at radius 2 is 2.42 bits per heavy atom. The number of fused-ring (bicyclic) bond motifs is 1. The maximum Gasteiger partial charge on any atom is 0.259 e. The van der Waals surface area contributed by atoms with Crippen molar-refractivity contribution < 1.29 is 9.57 Å². The summed E-state index contributed by atoms with van der Waals surface area (Å²) in [6.45, 7) is 0. The molecule has 3 nitrogen and oxygen atoms in total. The van der Waals surface area contributed by atoms with E-state index in [9.17, 15) is 0 Å². The Morgan fingerprint density at radius 3 is 3.17 bits per heavy atom. The van der Waals surface area contributed by atoms with Crippen LogP contribution in [0.4, 0.5) is 0 Å². The van der Waals surface area contributed by atoms with Crippen molar-refractivity contribution in [3.05, 3.63) is 22.7 Å². The first-order valence-corrected chi connectivity index (χ1v) is 4.33. The molecule has 1 aromatic heterocycles. The molecule has 0 fully saturated rings. The van der Waals surface area contributed by atoms with Crippen LogP contribution in [0.3, 0.4) is 0 Å². The van der Waals surface area contributed by atoms with Gasteiger partial charge in [0.2, 0.25) is 0 Å². The van der Waals surface area contributed by atoms with Crippen LogP contribution in [0.25, 0.3) is 0 Å². The van der Waals surface area contributed by atoms with Crippen LogP contribution in [0.1, 0.15) is 17.8 Å². The zero-order valence-corrected chi connectivity index (χ0v) is 7.64. The topological polar surface area (TPSA) is 26.0 Å². The molecule has 0 aliphatic heterocycles. The highest BCUT2D eigenvalue weighted by Gasteiger charge is 2.25. The Bertz CT molecular complexity index is 314. The summed E-state index contributed by atoms with van der Waals surface area (Å²) >= 11 is 5.80. The normalized spacial score (nSPS) is 14.5. The predicted molar refractivity (Wildman–Crippen MR) is 44.0 cm³/mol. The van der Waals surface area contributed by atoms with E-state index in [0.717, 1.165) is 30.7 Å². The minimum atomic E-state index is 0.498. The highest BCUT2D eigenvalue weighted by molar-refractivity contribution is 6.29. The second-order valence-electron chi connectivity index (χ2n) is 2.82. The maximum atomic E-state index is 5.80. The molecule has 1 aliphatic carbocycles. The van der Waals surface area contributed by atoms with E-state index < -0.39 is 0 Å². The largest absolute Gasteiger partial charge is 0.274 e. The van der Waals surface area contributed by atoms with E-state index >= 15 is 0 Å². The summed E-state index contributed by atoms with van der Waals surface area (Å²) in [6, 6.07) is 0. The third kappa shape index (κ3) is 1.14. The summed E-state index contributed by atoms with van der Waals surface area (Å²) in [5.41, 5.74) is 2.23. The summed E-state index contributed by atoms with van der Waals surface area (Å²) in [7, 11) is 1.63. The number of aromatic nitrogens is 2. The molecule has 0 bridgehead atoms. The van der Waals surface area contributed by atoms with Gasteiger partial charge in [0.05, 0.1) is 0 Å². The molecular formula is C8H10ClN2O+. The molecule has 1 aliphatic rings. The highest BCUT2D eigenvalue weighted by Crippen LogP contribution is 2.17. The van der Waals surface area contributed by atoms with Gasteiger partial charge in [-0.1, -0.05) is 11.6 Å². The number of halogens is 1. The van der Waals surface area contributed by atoms with Gasteiger partial charge in [-0.25, -0.2) is 4.98 Å². The molecule has 0 N–H and O–H groups in total. The lowest BCUT2D eigenvalue weighted by molar-refractivity contribution is -0.890. The molecule has 0 atom stereocenters. The Hall–Kier alpha value is -0.830. The molecule has 64 valence electrons. The molecule has 0 saturated heterocycles. The fourth-order valence-corrected chi connectivity index (χ4v) is 1.76. The van der Waals surface area contributed by atoms with Gasteiger partial charge >= 0.3 is 0 Å². The van der Waals surface area contributed by atoms with Crippen molar-refractivity contribution >= 4 is 11.6 Å². The van der Waals surface area contributed by atoms with E-state index in [4.69, 9.17) is 16.4 Å². The van der Waals surface area contributed by atoms with E-state index in [2.05, 4.69) is 4.98 Å². The molecule has 2 rings (SSSR count). The van der Waals surface area contributed by atoms with Crippen LogP contribution in [0.15, 0.2) is 6.20 Å². The van der Waals surface area contributed by atoms with E-state index in [1.54, 1.807) is 18.0 Å². The van der Waals surface area contributed by atoms with Crippen molar-refractivity contribution in [1.29, 1.82) is 0 Å². The second-order valence-corrected chi connectivity index (χ2v) is 3.21. The van der Waals surface area contributed by atoms with Gasteiger partial charge in [0, 0.05) is 11.2 Å². The molecule has 4 heteroatoms. The lowest BCUT2D eigenvalue weighted by Crippen LogP contribution is -2.44. The smallest absolute Gasteiger partial charge is 0.259 e. The Kier molecular flexibility index (Phi) is 1.89. The number of hydrogen-bond acceptors (Lipinski definition) is 2. The molecule has 0 amide bonds. The van der Waals surface area contributed by atoms with Gasteiger partial charge in [-0.2, -0.15) is 0 Å². The Labute approximate surface area is 75.9 Å². The van der Waals surface area contributed by atoms with Crippen LogP contribution >= 0.6 is 11.6 Å². The van der Waals surface area contributed by atoms with Crippen LogP contribution < -0.4 is 9.57 Å². The van der Waals surface area contributed by atoms with Gasteiger partial charge in [0.25, 0.3) is 11.9 Å². The highest BCUT2D eigenvalue weighted by atomic mass is 35.5. The third-order valence-electron chi connectivity index (χ3n) is 2.09. The summed E-state index contributed by atoms with van der Waals surface area (Å²) < 4.78 is 1.71. The summed E-state index contributed by atoms with van der Waals surface area (Å²) in [5.74, 6) is 0. The molecule has 0 spiro atoms. The average molecular weight is 186 g/mol. The first-order chi connectivity index (χ1) is 5.81. The Morgan fingerprint density at radius 1 is 1.58 bits per heavy atom. The van der Waals surface area contributed by atoms with Crippen molar-refractivity contribution in [2.75, 3.05) is 7.11 Å². The van der Waals surface area contributed by atoms with Gasteiger partial charge in [-0.15, -0.1) is 0 Å². The van der Waals surface area contributed by atoms with E-state index in [0.29, 0.717) is 5.15 Å². The van der Waals surface area contributed by atoms with Crippen molar-refractivity contribution in [3.63, 3.8) is 0 Å². The molecule has 1 heterocycles. The fourth-order valence-electron chi connectivity index (χ4n) is 1.57. The fraction of sp³-hybridized carbons (Fsp3) is 0.500. The minimum Gasteiger partial charge on any atom is -0.274 e. The van der Waals surface area contributed by atoms with Gasteiger partial charge in [-0.05, 0) is 12.8 Å². The molecule has 1 aromatic rings.